The Morgan fingerprint density at radius 2 is 2.11 bits per heavy atom. The van der Waals surface area contributed by atoms with E-state index in [1.54, 1.807) is 23.0 Å². The summed E-state index contributed by atoms with van der Waals surface area (Å²) in [6.45, 7) is 4.40. The number of pyridine rings is 1. The van der Waals surface area contributed by atoms with Crippen molar-refractivity contribution in [3.05, 3.63) is 36.3 Å². The molecule has 96 valence electrons. The highest BCUT2D eigenvalue weighted by Gasteiger charge is 2.16. The van der Waals surface area contributed by atoms with Crippen LogP contribution in [-0.4, -0.2) is 23.2 Å². The molecule has 0 saturated carbocycles. The van der Waals surface area contributed by atoms with Crippen LogP contribution in [0.5, 0.6) is 0 Å². The van der Waals surface area contributed by atoms with Crippen molar-refractivity contribution in [3.8, 4) is 0 Å². The minimum Gasteiger partial charge on any atom is -0.272 e. The number of hydrogen-bond donors (Lipinski definition) is 1. The molecule has 18 heavy (non-hydrogen) atoms. The first-order valence-corrected chi connectivity index (χ1v) is 6.97. The second-order valence-corrected chi connectivity index (χ2v) is 5.54. The second-order valence-electron chi connectivity index (χ2n) is 3.86. The number of nitrogens with one attached hydrogen (secondary N) is 1. The Balaban J connectivity index is 2.24. The third kappa shape index (κ3) is 2.67. The SMILES string of the molecule is CCn1cc(S(=O)(=O)Nc2ccc(C)cn2)cn1. The summed E-state index contributed by atoms with van der Waals surface area (Å²) in [6.07, 6.45) is 4.41. The maximum absolute atomic E-state index is 12.0. The summed E-state index contributed by atoms with van der Waals surface area (Å²) in [5, 5.41) is 3.93. The van der Waals surface area contributed by atoms with Gasteiger partial charge in [0.25, 0.3) is 10.0 Å². The molecule has 0 unspecified atom stereocenters. The summed E-state index contributed by atoms with van der Waals surface area (Å²) in [7, 11) is -3.61. The van der Waals surface area contributed by atoms with Gasteiger partial charge in [-0.1, -0.05) is 6.07 Å². The minimum atomic E-state index is -3.61. The first-order valence-electron chi connectivity index (χ1n) is 5.49. The molecule has 2 heterocycles. The van der Waals surface area contributed by atoms with Gasteiger partial charge in [-0.15, -0.1) is 0 Å². The molecule has 0 bridgehead atoms. The number of sulfonamides is 1. The van der Waals surface area contributed by atoms with Gasteiger partial charge in [0, 0.05) is 18.9 Å². The van der Waals surface area contributed by atoms with E-state index in [4.69, 9.17) is 0 Å². The summed E-state index contributed by atoms with van der Waals surface area (Å²) in [4.78, 5) is 4.13. The lowest BCUT2D eigenvalue weighted by Gasteiger charge is -2.05. The molecule has 2 aromatic heterocycles. The number of nitrogens with zero attached hydrogens (tertiary/aromatic N) is 3. The Morgan fingerprint density at radius 1 is 1.33 bits per heavy atom. The van der Waals surface area contributed by atoms with Crippen molar-refractivity contribution in [2.75, 3.05) is 4.72 Å². The van der Waals surface area contributed by atoms with Gasteiger partial charge in [-0.25, -0.2) is 13.4 Å². The fraction of sp³-hybridized carbons (Fsp3) is 0.273. The molecule has 0 atom stereocenters. The van der Waals surface area contributed by atoms with Crippen molar-refractivity contribution in [2.24, 2.45) is 0 Å². The van der Waals surface area contributed by atoms with Crippen molar-refractivity contribution in [2.45, 2.75) is 25.3 Å². The first-order chi connectivity index (χ1) is 8.51. The number of hydrogen-bond acceptors (Lipinski definition) is 4. The molecule has 6 nitrogen and oxygen atoms in total. The number of aryl methyl sites for hydroxylation is 2. The molecule has 0 aliphatic rings. The van der Waals surface area contributed by atoms with E-state index in [1.807, 2.05) is 13.8 Å². The number of aromatic nitrogens is 3. The summed E-state index contributed by atoms with van der Waals surface area (Å²) in [5.74, 6) is 0.296. The van der Waals surface area contributed by atoms with Crippen LogP contribution < -0.4 is 4.72 Å². The van der Waals surface area contributed by atoms with Crippen molar-refractivity contribution in [1.82, 2.24) is 14.8 Å². The van der Waals surface area contributed by atoms with Crippen LogP contribution in [-0.2, 0) is 16.6 Å². The van der Waals surface area contributed by atoms with Crippen LogP contribution in [0.15, 0.2) is 35.6 Å². The quantitative estimate of drug-likeness (QED) is 0.907. The molecule has 0 aliphatic heterocycles. The van der Waals surface area contributed by atoms with E-state index in [9.17, 15) is 8.42 Å². The Morgan fingerprint density at radius 3 is 2.67 bits per heavy atom. The molecule has 0 spiro atoms. The van der Waals surface area contributed by atoms with Crippen molar-refractivity contribution < 1.29 is 8.42 Å². The van der Waals surface area contributed by atoms with E-state index in [1.165, 1.54) is 12.4 Å². The van der Waals surface area contributed by atoms with Crippen LogP contribution in [0.25, 0.3) is 0 Å². The van der Waals surface area contributed by atoms with E-state index in [2.05, 4.69) is 14.8 Å². The zero-order valence-corrected chi connectivity index (χ0v) is 11.0. The Hall–Kier alpha value is -1.89. The van der Waals surface area contributed by atoms with E-state index in [0.29, 0.717) is 12.4 Å². The highest BCUT2D eigenvalue weighted by molar-refractivity contribution is 7.92. The van der Waals surface area contributed by atoms with Gasteiger partial charge in [0.15, 0.2) is 0 Å². The van der Waals surface area contributed by atoms with E-state index < -0.39 is 10.0 Å². The van der Waals surface area contributed by atoms with Gasteiger partial charge in [0.2, 0.25) is 0 Å². The zero-order chi connectivity index (χ0) is 13.2. The summed E-state index contributed by atoms with van der Waals surface area (Å²) in [5.41, 5.74) is 0.969. The third-order valence-electron chi connectivity index (χ3n) is 2.39. The average Bonchev–Trinajstić information content (AvgIpc) is 2.81. The van der Waals surface area contributed by atoms with Gasteiger partial charge in [-0.3, -0.25) is 9.40 Å². The molecule has 2 rings (SSSR count). The first kappa shape index (κ1) is 12.6. The molecular formula is C11H14N4O2S. The molecular weight excluding hydrogens is 252 g/mol. The molecule has 0 radical (unpaired) electrons. The monoisotopic (exact) mass is 266 g/mol. The van der Waals surface area contributed by atoms with Gasteiger partial charge in [0.05, 0.1) is 6.20 Å². The molecule has 1 N–H and O–H groups in total. The fourth-order valence-corrected chi connectivity index (χ4v) is 2.34. The van der Waals surface area contributed by atoms with Crippen LogP contribution in [0.1, 0.15) is 12.5 Å². The molecule has 0 aromatic carbocycles. The topological polar surface area (TPSA) is 76.9 Å². The Bertz CT molecular complexity index is 631. The minimum absolute atomic E-state index is 0.131. The normalized spacial score (nSPS) is 11.4. The largest absolute Gasteiger partial charge is 0.272 e. The maximum atomic E-state index is 12.0. The highest BCUT2D eigenvalue weighted by Crippen LogP contribution is 2.13. The predicted molar refractivity (Wildman–Crippen MR) is 67.7 cm³/mol. The third-order valence-corrected chi connectivity index (χ3v) is 3.70. The van der Waals surface area contributed by atoms with Gasteiger partial charge >= 0.3 is 0 Å². The van der Waals surface area contributed by atoms with Crippen LogP contribution in [0, 0.1) is 6.92 Å². The molecule has 7 heteroatoms. The van der Waals surface area contributed by atoms with Crippen LogP contribution in [0.2, 0.25) is 0 Å². The van der Waals surface area contributed by atoms with Gasteiger partial charge in [-0.2, -0.15) is 5.10 Å². The second kappa shape index (κ2) is 4.77. The zero-order valence-electron chi connectivity index (χ0n) is 10.2. The van der Waals surface area contributed by atoms with Crippen LogP contribution >= 0.6 is 0 Å². The van der Waals surface area contributed by atoms with E-state index in [0.717, 1.165) is 5.56 Å². The molecule has 0 fully saturated rings. The average molecular weight is 266 g/mol. The van der Waals surface area contributed by atoms with Crippen LogP contribution in [0.4, 0.5) is 5.82 Å². The summed E-state index contributed by atoms with van der Waals surface area (Å²) < 4.78 is 28.0. The van der Waals surface area contributed by atoms with E-state index in [-0.39, 0.29) is 4.90 Å². The molecule has 0 saturated heterocycles. The van der Waals surface area contributed by atoms with Crippen molar-refractivity contribution in [1.29, 1.82) is 0 Å². The van der Waals surface area contributed by atoms with Gasteiger partial charge in [-0.05, 0) is 25.5 Å². The molecule has 0 amide bonds. The standard InChI is InChI=1S/C11H14N4O2S/c1-3-15-8-10(7-13-15)18(16,17)14-11-5-4-9(2)6-12-11/h4-8H,3H2,1-2H3,(H,12,14). The lowest BCUT2D eigenvalue weighted by atomic mass is 10.3. The molecule has 2 aromatic rings. The maximum Gasteiger partial charge on any atom is 0.266 e. The van der Waals surface area contributed by atoms with Crippen molar-refractivity contribution >= 4 is 15.8 Å². The Kier molecular flexibility index (Phi) is 3.33. The van der Waals surface area contributed by atoms with Crippen molar-refractivity contribution in [3.63, 3.8) is 0 Å². The van der Waals surface area contributed by atoms with E-state index >= 15 is 0 Å². The Labute approximate surface area is 106 Å². The fourth-order valence-electron chi connectivity index (χ4n) is 1.38. The number of rotatable bonds is 4. The number of anilines is 1. The van der Waals surface area contributed by atoms with Gasteiger partial charge in [0.1, 0.15) is 10.7 Å². The lowest BCUT2D eigenvalue weighted by molar-refractivity contribution is 0.600. The van der Waals surface area contributed by atoms with Crippen LogP contribution in [0.3, 0.4) is 0 Å². The highest BCUT2D eigenvalue weighted by atomic mass is 32.2. The predicted octanol–water partition coefficient (Wildman–Crippen LogP) is 1.41. The summed E-state index contributed by atoms with van der Waals surface area (Å²) >= 11 is 0. The smallest absolute Gasteiger partial charge is 0.266 e. The van der Waals surface area contributed by atoms with Gasteiger partial charge < -0.3 is 0 Å². The summed E-state index contributed by atoms with van der Waals surface area (Å²) in [6, 6.07) is 3.41. The lowest BCUT2D eigenvalue weighted by Crippen LogP contribution is -2.13. The molecule has 0 aliphatic carbocycles.